The molecule has 2 fully saturated rings. The van der Waals surface area contributed by atoms with E-state index >= 15 is 0 Å². The van der Waals surface area contributed by atoms with Gasteiger partial charge < -0.3 is 14.8 Å². The first-order chi connectivity index (χ1) is 16.3. The van der Waals surface area contributed by atoms with E-state index < -0.39 is 0 Å². The molecule has 0 bridgehead atoms. The van der Waals surface area contributed by atoms with Gasteiger partial charge in [-0.25, -0.2) is 4.98 Å². The predicted molar refractivity (Wildman–Crippen MR) is 139 cm³/mol. The number of thioether (sulfide) groups is 1. The molecule has 1 unspecified atom stereocenters. The summed E-state index contributed by atoms with van der Waals surface area (Å²) in [6.07, 6.45) is 6.15. The van der Waals surface area contributed by atoms with Gasteiger partial charge in [0.1, 0.15) is 15.8 Å². The van der Waals surface area contributed by atoms with E-state index in [0.29, 0.717) is 52.6 Å². The Bertz CT molecular complexity index is 1170. The van der Waals surface area contributed by atoms with Gasteiger partial charge in [-0.2, -0.15) is 0 Å². The summed E-state index contributed by atoms with van der Waals surface area (Å²) in [5, 5.41) is 3.28. The first-order valence-electron chi connectivity index (χ1n) is 11.6. The van der Waals surface area contributed by atoms with Crippen molar-refractivity contribution in [1.29, 1.82) is 0 Å². The lowest BCUT2D eigenvalue weighted by Gasteiger charge is -2.18. The van der Waals surface area contributed by atoms with Gasteiger partial charge >= 0.3 is 0 Å². The van der Waals surface area contributed by atoms with Crippen molar-refractivity contribution in [2.45, 2.75) is 52.2 Å². The van der Waals surface area contributed by atoms with Gasteiger partial charge in [-0.15, -0.1) is 0 Å². The highest BCUT2D eigenvalue weighted by molar-refractivity contribution is 8.26. The van der Waals surface area contributed by atoms with E-state index in [2.05, 4.69) is 5.32 Å². The van der Waals surface area contributed by atoms with Crippen molar-refractivity contribution in [3.05, 3.63) is 44.7 Å². The van der Waals surface area contributed by atoms with Crippen LogP contribution >= 0.6 is 24.0 Å². The first-order valence-corrected chi connectivity index (χ1v) is 12.8. The second-order valence-corrected chi connectivity index (χ2v) is 10.4. The van der Waals surface area contributed by atoms with E-state index in [0.717, 1.165) is 24.8 Å². The topological polar surface area (TPSA) is 85.2 Å². The Morgan fingerprint density at radius 3 is 2.97 bits per heavy atom. The number of hydrogen-bond donors (Lipinski definition) is 1. The summed E-state index contributed by atoms with van der Waals surface area (Å²) in [6.45, 7) is 8.25. The third kappa shape index (κ3) is 5.51. The molecule has 34 heavy (non-hydrogen) atoms. The predicted octanol–water partition coefficient (Wildman–Crippen LogP) is 3.61. The molecule has 2 aromatic rings. The van der Waals surface area contributed by atoms with Crippen molar-refractivity contribution in [2.75, 3.05) is 31.6 Å². The van der Waals surface area contributed by atoms with Crippen molar-refractivity contribution in [3.8, 4) is 0 Å². The summed E-state index contributed by atoms with van der Waals surface area (Å²) in [6, 6.07) is 3.73. The van der Waals surface area contributed by atoms with Crippen LogP contribution in [0.4, 0.5) is 5.82 Å². The molecule has 4 rings (SSSR count). The SMILES string of the molecule is Cc1cccn2c(=O)c(/C=C3\SC(=S)N(CC4CCCO4)C3=O)c(NCCCOC(C)C)nc12. The zero-order chi connectivity index (χ0) is 24.2. The number of aromatic nitrogens is 2. The van der Waals surface area contributed by atoms with Gasteiger partial charge in [-0.3, -0.25) is 18.9 Å². The van der Waals surface area contributed by atoms with Gasteiger partial charge in [0.25, 0.3) is 11.5 Å². The van der Waals surface area contributed by atoms with Crippen molar-refractivity contribution >= 4 is 51.7 Å². The highest BCUT2D eigenvalue weighted by Crippen LogP contribution is 2.34. The average molecular weight is 503 g/mol. The van der Waals surface area contributed by atoms with Crippen molar-refractivity contribution in [1.82, 2.24) is 14.3 Å². The second kappa shape index (κ2) is 11.0. The van der Waals surface area contributed by atoms with Crippen LogP contribution in [-0.4, -0.2) is 63.0 Å². The first kappa shape index (κ1) is 24.8. The highest BCUT2D eigenvalue weighted by atomic mass is 32.2. The minimum absolute atomic E-state index is 0.00284. The van der Waals surface area contributed by atoms with Crippen LogP contribution in [0.2, 0.25) is 0 Å². The largest absolute Gasteiger partial charge is 0.379 e. The van der Waals surface area contributed by atoms with E-state index in [1.807, 2.05) is 32.9 Å². The van der Waals surface area contributed by atoms with Crippen LogP contribution in [0.5, 0.6) is 0 Å². The lowest BCUT2D eigenvalue weighted by atomic mass is 10.2. The summed E-state index contributed by atoms with van der Waals surface area (Å²) in [4.78, 5) is 33.3. The Labute approximate surface area is 208 Å². The number of nitrogens with one attached hydrogen (secondary N) is 1. The number of nitrogens with zero attached hydrogens (tertiary/aromatic N) is 3. The van der Waals surface area contributed by atoms with Crippen LogP contribution < -0.4 is 10.9 Å². The fourth-order valence-corrected chi connectivity index (χ4v) is 5.21. The van der Waals surface area contributed by atoms with Crippen molar-refractivity contribution < 1.29 is 14.3 Å². The summed E-state index contributed by atoms with van der Waals surface area (Å²) in [5.74, 6) is 0.253. The van der Waals surface area contributed by atoms with E-state index in [-0.39, 0.29) is 23.7 Å². The van der Waals surface area contributed by atoms with Gasteiger partial charge in [0.05, 0.1) is 29.2 Å². The Morgan fingerprint density at radius 1 is 1.41 bits per heavy atom. The zero-order valence-electron chi connectivity index (χ0n) is 19.7. The molecule has 4 heterocycles. The molecule has 1 atom stereocenters. The van der Waals surface area contributed by atoms with Crippen LogP contribution in [0, 0.1) is 6.92 Å². The maximum atomic E-state index is 13.4. The Balaban J connectivity index is 1.64. The number of ether oxygens (including phenoxy) is 2. The number of hydrogen-bond acceptors (Lipinski definition) is 8. The molecular weight excluding hydrogens is 472 g/mol. The summed E-state index contributed by atoms with van der Waals surface area (Å²) >= 11 is 6.68. The molecule has 2 saturated heterocycles. The van der Waals surface area contributed by atoms with E-state index in [1.54, 1.807) is 17.2 Å². The summed E-state index contributed by atoms with van der Waals surface area (Å²) < 4.78 is 13.3. The van der Waals surface area contributed by atoms with Crippen LogP contribution in [0.25, 0.3) is 11.7 Å². The Morgan fingerprint density at radius 2 is 2.24 bits per heavy atom. The average Bonchev–Trinajstić information content (AvgIpc) is 3.40. The van der Waals surface area contributed by atoms with E-state index in [9.17, 15) is 9.59 Å². The normalized spacial score (nSPS) is 19.8. The molecule has 8 nitrogen and oxygen atoms in total. The Kier molecular flexibility index (Phi) is 8.02. The lowest BCUT2D eigenvalue weighted by molar-refractivity contribution is -0.123. The minimum atomic E-state index is -0.237. The third-order valence-corrected chi connectivity index (χ3v) is 7.09. The number of carbonyl (C=O) groups is 1. The molecule has 0 aliphatic carbocycles. The molecule has 182 valence electrons. The number of amides is 1. The zero-order valence-corrected chi connectivity index (χ0v) is 21.3. The van der Waals surface area contributed by atoms with Crippen molar-refractivity contribution in [3.63, 3.8) is 0 Å². The van der Waals surface area contributed by atoms with Gasteiger partial charge in [0.15, 0.2) is 0 Å². The monoisotopic (exact) mass is 502 g/mol. The number of carbonyl (C=O) groups excluding carboxylic acids is 1. The fraction of sp³-hybridized carbons (Fsp3) is 0.500. The van der Waals surface area contributed by atoms with Gasteiger partial charge in [0.2, 0.25) is 0 Å². The molecule has 0 spiro atoms. The van der Waals surface area contributed by atoms with Crippen LogP contribution in [-0.2, 0) is 14.3 Å². The van der Waals surface area contributed by atoms with Crippen LogP contribution in [0.3, 0.4) is 0 Å². The number of rotatable bonds is 9. The molecule has 1 amide bonds. The maximum absolute atomic E-state index is 13.4. The smallest absolute Gasteiger partial charge is 0.267 e. The molecule has 1 N–H and O–H groups in total. The number of aryl methyl sites for hydroxylation is 1. The lowest BCUT2D eigenvalue weighted by Crippen LogP contribution is -2.35. The molecule has 0 aromatic carbocycles. The van der Waals surface area contributed by atoms with Crippen LogP contribution in [0.15, 0.2) is 28.0 Å². The second-order valence-electron chi connectivity index (χ2n) is 8.69. The van der Waals surface area contributed by atoms with Crippen molar-refractivity contribution in [2.24, 2.45) is 0 Å². The van der Waals surface area contributed by atoms with E-state index in [1.165, 1.54) is 16.2 Å². The molecule has 0 saturated carbocycles. The van der Waals surface area contributed by atoms with Gasteiger partial charge in [-0.05, 0) is 57.7 Å². The van der Waals surface area contributed by atoms with E-state index in [4.69, 9.17) is 26.7 Å². The van der Waals surface area contributed by atoms with Gasteiger partial charge in [0, 0.05) is 26.0 Å². The summed E-state index contributed by atoms with van der Waals surface area (Å²) in [7, 11) is 0. The third-order valence-electron chi connectivity index (χ3n) is 5.71. The number of pyridine rings is 1. The minimum Gasteiger partial charge on any atom is -0.379 e. The molecule has 2 aromatic heterocycles. The number of thiocarbonyl (C=S) groups is 1. The molecule has 2 aliphatic heterocycles. The molecule has 10 heteroatoms. The van der Waals surface area contributed by atoms with Gasteiger partial charge in [-0.1, -0.05) is 30.0 Å². The summed E-state index contributed by atoms with van der Waals surface area (Å²) in [5.41, 5.74) is 1.57. The standard InChI is InChI=1S/C24H30N4O4S2/c1-15(2)31-12-6-9-25-20-18(22(29)27-10-4-7-16(3)21(27)26-20)13-19-23(30)28(24(33)34-19)14-17-8-5-11-32-17/h4,7,10,13,15,17,25H,5-6,8-9,11-12,14H2,1-3H3/b19-13-. The highest BCUT2D eigenvalue weighted by Gasteiger charge is 2.35. The van der Waals surface area contributed by atoms with Crippen LogP contribution in [0.1, 0.15) is 44.2 Å². The fourth-order valence-electron chi connectivity index (χ4n) is 3.95. The molecular formula is C24H30N4O4S2. The number of anilines is 1. The maximum Gasteiger partial charge on any atom is 0.267 e. The molecule has 2 aliphatic rings. The Hall–Kier alpha value is -2.27. The molecule has 0 radical (unpaired) electrons. The quantitative estimate of drug-likeness (QED) is 0.316. The number of fused-ring (bicyclic) bond motifs is 1.